The maximum Gasteiger partial charge on any atom is 0.137 e. The summed E-state index contributed by atoms with van der Waals surface area (Å²) in [5.41, 5.74) is 8.98. The van der Waals surface area contributed by atoms with Crippen LogP contribution < -0.4 is 4.90 Å². The lowest BCUT2D eigenvalue weighted by Gasteiger charge is -2.26. The van der Waals surface area contributed by atoms with Crippen molar-refractivity contribution >= 4 is 124 Å². The van der Waals surface area contributed by atoms with Crippen LogP contribution >= 0.6 is 22.7 Å². The van der Waals surface area contributed by atoms with Crippen LogP contribution in [0.3, 0.4) is 0 Å². The van der Waals surface area contributed by atoms with Crippen molar-refractivity contribution in [2.24, 2.45) is 0 Å². The van der Waals surface area contributed by atoms with E-state index in [4.69, 9.17) is 8.83 Å². The third-order valence-electron chi connectivity index (χ3n) is 10.7. The minimum Gasteiger partial charge on any atom is -0.456 e. The predicted molar refractivity (Wildman–Crippen MR) is 227 cm³/mol. The molecule has 4 aromatic heterocycles. The van der Waals surface area contributed by atoms with E-state index in [-0.39, 0.29) is 0 Å². The Hall–Kier alpha value is -6.40. The highest BCUT2D eigenvalue weighted by atomic mass is 32.1. The molecule has 0 aliphatic carbocycles. The van der Waals surface area contributed by atoms with Gasteiger partial charge in [-0.25, -0.2) is 0 Å². The number of para-hydroxylation sites is 2. The molecule has 248 valence electrons. The lowest BCUT2D eigenvalue weighted by molar-refractivity contribution is 0.669. The van der Waals surface area contributed by atoms with Crippen molar-refractivity contribution in [3.8, 4) is 11.1 Å². The topological polar surface area (TPSA) is 29.5 Å². The minimum absolute atomic E-state index is 0.858. The summed E-state index contributed by atoms with van der Waals surface area (Å²) in [4.78, 5) is 2.32. The number of nitrogens with zero attached hydrogens (tertiary/aromatic N) is 1. The molecule has 12 aromatic rings. The van der Waals surface area contributed by atoms with E-state index in [1.165, 1.54) is 51.5 Å². The van der Waals surface area contributed by atoms with E-state index in [0.29, 0.717) is 0 Å². The number of hydrogen-bond acceptors (Lipinski definition) is 5. The van der Waals surface area contributed by atoms with Crippen LogP contribution in [-0.2, 0) is 0 Å². The maximum absolute atomic E-state index is 6.41. The number of benzene rings is 8. The fourth-order valence-electron chi connectivity index (χ4n) is 8.29. The van der Waals surface area contributed by atoms with Gasteiger partial charge in [0.15, 0.2) is 0 Å². The van der Waals surface area contributed by atoms with Gasteiger partial charge >= 0.3 is 0 Å². The van der Waals surface area contributed by atoms with E-state index in [2.05, 4.69) is 144 Å². The van der Waals surface area contributed by atoms with Crippen LogP contribution in [0.15, 0.2) is 173 Å². The van der Waals surface area contributed by atoms with Crippen molar-refractivity contribution in [1.82, 2.24) is 0 Å². The van der Waals surface area contributed by atoms with Crippen molar-refractivity contribution in [1.29, 1.82) is 0 Å². The van der Waals surface area contributed by atoms with Gasteiger partial charge in [0.25, 0.3) is 0 Å². The molecule has 0 saturated carbocycles. The molecule has 3 nitrogen and oxygen atoms in total. The summed E-state index contributed by atoms with van der Waals surface area (Å²) in [5, 5.41) is 9.78. The summed E-state index contributed by atoms with van der Waals surface area (Å²) in [5.74, 6) is 0. The molecule has 0 aliphatic heterocycles. The van der Waals surface area contributed by atoms with Crippen LogP contribution in [-0.4, -0.2) is 0 Å². The van der Waals surface area contributed by atoms with Gasteiger partial charge in [0.1, 0.15) is 22.3 Å². The fourth-order valence-corrected chi connectivity index (χ4v) is 10.8. The third kappa shape index (κ3) is 4.32. The summed E-state index contributed by atoms with van der Waals surface area (Å²) in [6, 6.07) is 58.7. The van der Waals surface area contributed by atoms with Crippen LogP contribution in [0.4, 0.5) is 17.1 Å². The summed E-state index contributed by atoms with van der Waals surface area (Å²) < 4.78 is 18.1. The average molecular weight is 714 g/mol. The largest absolute Gasteiger partial charge is 0.456 e. The van der Waals surface area contributed by atoms with Crippen molar-refractivity contribution in [3.63, 3.8) is 0 Å². The van der Waals surface area contributed by atoms with E-state index < -0.39 is 0 Å². The summed E-state index contributed by atoms with van der Waals surface area (Å²) in [6.07, 6.45) is 0. The normalized spacial score (nSPS) is 12.2. The average Bonchev–Trinajstić information content (AvgIpc) is 3.97. The molecule has 4 heterocycles. The summed E-state index contributed by atoms with van der Waals surface area (Å²) in [6.45, 7) is 0. The zero-order valence-electron chi connectivity index (χ0n) is 28.2. The molecule has 8 aromatic carbocycles. The molecule has 53 heavy (non-hydrogen) atoms. The van der Waals surface area contributed by atoms with Gasteiger partial charge in [-0.05, 0) is 77.9 Å². The first-order valence-corrected chi connectivity index (χ1v) is 19.4. The zero-order chi connectivity index (χ0) is 34.6. The van der Waals surface area contributed by atoms with Crippen LogP contribution in [0.2, 0.25) is 0 Å². The van der Waals surface area contributed by atoms with Gasteiger partial charge in [-0.2, -0.15) is 0 Å². The molecular formula is C48H27NO2S2. The highest BCUT2D eigenvalue weighted by molar-refractivity contribution is 7.29. The van der Waals surface area contributed by atoms with Crippen LogP contribution in [0, 0.1) is 0 Å². The van der Waals surface area contributed by atoms with E-state index in [1.807, 2.05) is 46.9 Å². The summed E-state index contributed by atoms with van der Waals surface area (Å²) >= 11 is 3.78. The highest BCUT2D eigenvalue weighted by Gasteiger charge is 2.20. The quantitative estimate of drug-likeness (QED) is 0.182. The van der Waals surface area contributed by atoms with Gasteiger partial charge in [0, 0.05) is 91.1 Å². The highest BCUT2D eigenvalue weighted by Crippen LogP contribution is 2.48. The number of anilines is 3. The smallest absolute Gasteiger partial charge is 0.137 e. The molecule has 0 N–H and O–H groups in total. The molecule has 0 bridgehead atoms. The van der Waals surface area contributed by atoms with Crippen molar-refractivity contribution < 1.29 is 8.83 Å². The Morgan fingerprint density at radius 3 is 1.66 bits per heavy atom. The molecule has 0 spiro atoms. The zero-order valence-corrected chi connectivity index (χ0v) is 29.8. The Morgan fingerprint density at radius 2 is 0.925 bits per heavy atom. The molecule has 0 atom stereocenters. The standard InChI is InChI=1S/C48H27NO2S2/c1-4-15-39-33(11-1)35-21-19-30(26-41(35)50-39)49(31-20-22-36-34-12-2-5-16-40(34)51-42(36)27-31)29-10-7-9-28(25-29)32-14-8-18-44-46(32)47-45(52-44)24-23-38-37-13-3-6-17-43(37)53-48(38)47/h1-27H. The Bertz CT molecular complexity index is 3320. The fraction of sp³-hybridized carbons (Fsp3) is 0. The number of fused-ring (bicyclic) bond motifs is 13. The minimum atomic E-state index is 0.858. The lowest BCUT2D eigenvalue weighted by atomic mass is 9.98. The number of rotatable bonds is 4. The first kappa shape index (κ1) is 29.2. The molecule has 0 saturated heterocycles. The number of furan rings is 2. The van der Waals surface area contributed by atoms with Crippen LogP contribution in [0.1, 0.15) is 0 Å². The number of hydrogen-bond donors (Lipinski definition) is 0. The molecule has 0 amide bonds. The molecule has 12 rings (SSSR count). The Kier molecular flexibility index (Phi) is 6.09. The van der Waals surface area contributed by atoms with E-state index in [9.17, 15) is 0 Å². The van der Waals surface area contributed by atoms with Crippen molar-refractivity contribution in [2.45, 2.75) is 0 Å². The molecule has 5 heteroatoms. The van der Waals surface area contributed by atoms with Gasteiger partial charge in [0.05, 0.1) is 0 Å². The van der Waals surface area contributed by atoms with Gasteiger partial charge in [-0.15, -0.1) is 22.7 Å². The molecule has 0 fully saturated rings. The predicted octanol–water partition coefficient (Wildman–Crippen LogP) is 15.4. The number of thiophene rings is 2. The SMILES string of the molecule is c1cc(-c2cccc3sc4ccc5c6ccccc6sc5c4c23)cc(N(c2ccc3c(c2)oc2ccccc23)c2ccc3c(c2)oc2ccccc23)c1. The van der Waals surface area contributed by atoms with Crippen molar-refractivity contribution in [2.75, 3.05) is 4.90 Å². The molecular weight excluding hydrogens is 687 g/mol. The maximum atomic E-state index is 6.41. The first-order valence-electron chi connectivity index (χ1n) is 17.7. The van der Waals surface area contributed by atoms with Gasteiger partial charge in [-0.3, -0.25) is 0 Å². The summed E-state index contributed by atoms with van der Waals surface area (Å²) in [7, 11) is 0. The molecule has 0 aliphatic rings. The monoisotopic (exact) mass is 713 g/mol. The Labute approximate surface area is 311 Å². The van der Waals surface area contributed by atoms with Gasteiger partial charge < -0.3 is 13.7 Å². The van der Waals surface area contributed by atoms with Crippen LogP contribution in [0.5, 0.6) is 0 Å². The van der Waals surface area contributed by atoms with E-state index >= 15 is 0 Å². The van der Waals surface area contributed by atoms with E-state index in [1.54, 1.807) is 0 Å². The van der Waals surface area contributed by atoms with Crippen molar-refractivity contribution in [3.05, 3.63) is 164 Å². The second kappa shape index (κ2) is 11.1. The third-order valence-corrected chi connectivity index (χ3v) is 13.0. The molecule has 0 radical (unpaired) electrons. The van der Waals surface area contributed by atoms with Gasteiger partial charge in [0.2, 0.25) is 0 Å². The Morgan fingerprint density at radius 1 is 0.358 bits per heavy atom. The Balaban J connectivity index is 1.09. The van der Waals surface area contributed by atoms with E-state index in [0.717, 1.165) is 60.9 Å². The molecule has 0 unspecified atom stereocenters. The second-order valence-corrected chi connectivity index (χ2v) is 15.8. The van der Waals surface area contributed by atoms with Gasteiger partial charge in [-0.1, -0.05) is 84.9 Å². The second-order valence-electron chi connectivity index (χ2n) is 13.6. The van der Waals surface area contributed by atoms with Crippen LogP contribution in [0.25, 0.3) is 95.3 Å². The lowest BCUT2D eigenvalue weighted by Crippen LogP contribution is -2.10. The first-order chi connectivity index (χ1) is 26.2.